The van der Waals surface area contributed by atoms with Gasteiger partial charge in [-0.3, -0.25) is 4.68 Å². The summed E-state index contributed by atoms with van der Waals surface area (Å²) in [4.78, 5) is 1.96. The van der Waals surface area contributed by atoms with Crippen molar-refractivity contribution in [2.45, 2.75) is 20.4 Å². The number of anilines is 1. The van der Waals surface area contributed by atoms with E-state index in [1.165, 1.54) is 5.56 Å². The summed E-state index contributed by atoms with van der Waals surface area (Å²) in [6, 6.07) is 5.38. The lowest BCUT2D eigenvalue weighted by Gasteiger charge is -2.22. The predicted molar refractivity (Wildman–Crippen MR) is 98.4 cm³/mol. The van der Waals surface area contributed by atoms with Crippen LogP contribution in [0.4, 0.5) is 5.69 Å². The van der Waals surface area contributed by atoms with Crippen molar-refractivity contribution in [1.29, 1.82) is 0 Å². The van der Waals surface area contributed by atoms with Gasteiger partial charge in [0, 0.05) is 36.9 Å². The van der Waals surface area contributed by atoms with Gasteiger partial charge in [-0.25, -0.2) is 0 Å². The molecule has 0 bridgehead atoms. The van der Waals surface area contributed by atoms with E-state index in [0.717, 1.165) is 17.1 Å². The van der Waals surface area contributed by atoms with Crippen molar-refractivity contribution in [2.75, 3.05) is 19.5 Å². The van der Waals surface area contributed by atoms with Crippen LogP contribution in [-0.2, 0) is 13.6 Å². The van der Waals surface area contributed by atoms with Gasteiger partial charge >= 0.3 is 0 Å². The summed E-state index contributed by atoms with van der Waals surface area (Å²) in [6.07, 6.45) is 0. The summed E-state index contributed by atoms with van der Waals surface area (Å²) in [5, 5.41) is 8.84. The number of nitrogens with zero attached hydrogens (tertiary/aromatic N) is 3. The Morgan fingerprint density at radius 3 is 2.70 bits per heavy atom. The van der Waals surface area contributed by atoms with E-state index in [1.54, 1.807) is 19.2 Å². The van der Waals surface area contributed by atoms with E-state index >= 15 is 0 Å². The van der Waals surface area contributed by atoms with Crippen LogP contribution in [0.3, 0.4) is 0 Å². The van der Waals surface area contributed by atoms with Crippen LogP contribution in [0.1, 0.15) is 17.0 Å². The Kier molecular flexibility index (Phi) is 5.49. The molecule has 0 atom stereocenters. The van der Waals surface area contributed by atoms with E-state index in [9.17, 15) is 0 Å². The molecule has 0 fully saturated rings. The Labute approximate surface area is 147 Å². The van der Waals surface area contributed by atoms with Gasteiger partial charge in [0.2, 0.25) is 0 Å². The molecule has 2 rings (SSSR count). The first kappa shape index (κ1) is 17.6. The minimum atomic E-state index is 0.591. The van der Waals surface area contributed by atoms with Crippen LogP contribution in [0.15, 0.2) is 18.2 Å². The third-order valence-corrected chi connectivity index (χ3v) is 4.45. The molecule has 0 aliphatic heterocycles. The summed E-state index contributed by atoms with van der Waals surface area (Å²) in [5.41, 5.74) is 4.08. The number of rotatable bonds is 4. The van der Waals surface area contributed by atoms with Crippen LogP contribution in [0.25, 0.3) is 0 Å². The Morgan fingerprint density at radius 1 is 1.43 bits per heavy atom. The van der Waals surface area contributed by atoms with E-state index in [0.29, 0.717) is 22.4 Å². The fourth-order valence-electron chi connectivity index (χ4n) is 2.34. The molecule has 0 amide bonds. The number of thiocarbonyl (C=S) groups is 1. The van der Waals surface area contributed by atoms with Crippen molar-refractivity contribution in [2.24, 2.45) is 7.05 Å². The lowest BCUT2D eigenvalue weighted by Crippen LogP contribution is -2.31. The number of benzene rings is 1. The van der Waals surface area contributed by atoms with Crippen molar-refractivity contribution in [3.8, 4) is 5.75 Å². The molecule has 0 saturated carbocycles. The van der Waals surface area contributed by atoms with Gasteiger partial charge in [-0.05, 0) is 44.3 Å². The fraction of sp³-hybridized carbons (Fsp3) is 0.375. The Balaban J connectivity index is 2.13. The predicted octanol–water partition coefficient (Wildman–Crippen LogP) is 3.53. The van der Waals surface area contributed by atoms with Crippen LogP contribution in [0, 0.1) is 13.8 Å². The highest BCUT2D eigenvalue weighted by Gasteiger charge is 2.14. The summed E-state index contributed by atoms with van der Waals surface area (Å²) >= 11 is 11.5. The summed E-state index contributed by atoms with van der Waals surface area (Å²) in [7, 11) is 5.50. The maximum Gasteiger partial charge on any atom is 0.173 e. The van der Waals surface area contributed by atoms with Crippen molar-refractivity contribution < 1.29 is 4.74 Å². The Bertz CT molecular complexity index is 729. The monoisotopic (exact) mass is 352 g/mol. The zero-order valence-electron chi connectivity index (χ0n) is 14.0. The Hall–Kier alpha value is -1.79. The molecule has 0 unspecified atom stereocenters. The maximum atomic E-state index is 6.05. The first-order chi connectivity index (χ1) is 10.8. The average molecular weight is 353 g/mol. The number of nitrogens with one attached hydrogen (secondary N) is 1. The lowest BCUT2D eigenvalue weighted by molar-refractivity contribution is 0.416. The quantitative estimate of drug-likeness (QED) is 0.853. The highest BCUT2D eigenvalue weighted by Crippen LogP contribution is 2.28. The highest BCUT2D eigenvalue weighted by molar-refractivity contribution is 7.80. The van der Waals surface area contributed by atoms with E-state index in [-0.39, 0.29) is 0 Å². The number of hydrogen-bond acceptors (Lipinski definition) is 3. The molecular formula is C16H21ClN4OS. The van der Waals surface area contributed by atoms with Gasteiger partial charge in [-0.15, -0.1) is 0 Å². The van der Waals surface area contributed by atoms with Crippen LogP contribution in [0.2, 0.25) is 5.02 Å². The van der Waals surface area contributed by atoms with Crippen LogP contribution >= 0.6 is 23.8 Å². The molecule has 0 aliphatic carbocycles. The minimum Gasteiger partial charge on any atom is -0.495 e. The van der Waals surface area contributed by atoms with Crippen LogP contribution in [0.5, 0.6) is 5.75 Å². The standard InChI is InChI=1S/C16H21ClN4OS/c1-10-13(11(2)21(4)19-10)9-20(3)16(23)18-14-8-12(17)6-7-15(14)22-5/h6-8H,9H2,1-5H3,(H,18,23). The highest BCUT2D eigenvalue weighted by atomic mass is 35.5. The van der Waals surface area contributed by atoms with Crippen molar-refractivity contribution >= 4 is 34.6 Å². The normalized spacial score (nSPS) is 10.5. The van der Waals surface area contributed by atoms with Crippen LogP contribution in [-0.4, -0.2) is 34.0 Å². The second-order valence-corrected chi connectivity index (χ2v) is 6.23. The second kappa shape index (κ2) is 7.19. The van der Waals surface area contributed by atoms with Crippen molar-refractivity contribution in [3.63, 3.8) is 0 Å². The minimum absolute atomic E-state index is 0.591. The molecule has 1 aromatic carbocycles. The molecule has 7 heteroatoms. The fourth-order valence-corrected chi connectivity index (χ4v) is 2.69. The molecule has 1 aromatic heterocycles. The zero-order valence-corrected chi connectivity index (χ0v) is 15.5. The molecule has 0 aliphatic rings. The molecule has 1 N–H and O–H groups in total. The number of halogens is 1. The molecular weight excluding hydrogens is 332 g/mol. The molecule has 124 valence electrons. The van der Waals surface area contributed by atoms with Crippen LogP contribution < -0.4 is 10.1 Å². The third-order valence-electron chi connectivity index (χ3n) is 3.80. The van der Waals surface area contributed by atoms with E-state index in [2.05, 4.69) is 17.3 Å². The molecule has 0 radical (unpaired) electrons. The lowest BCUT2D eigenvalue weighted by atomic mass is 10.2. The summed E-state index contributed by atoms with van der Waals surface area (Å²) < 4.78 is 7.21. The zero-order chi connectivity index (χ0) is 17.1. The smallest absolute Gasteiger partial charge is 0.173 e. The van der Waals surface area contributed by atoms with Gasteiger partial charge < -0.3 is 15.0 Å². The van der Waals surface area contributed by atoms with E-state index in [4.69, 9.17) is 28.6 Å². The van der Waals surface area contributed by atoms with Crippen molar-refractivity contribution in [1.82, 2.24) is 14.7 Å². The van der Waals surface area contributed by atoms with Gasteiger partial charge in [0.1, 0.15) is 5.75 Å². The molecule has 23 heavy (non-hydrogen) atoms. The SMILES string of the molecule is COc1ccc(Cl)cc1NC(=S)N(C)Cc1c(C)nn(C)c1C. The van der Waals surface area contributed by atoms with Gasteiger partial charge in [0.25, 0.3) is 0 Å². The first-order valence-electron chi connectivity index (χ1n) is 7.18. The van der Waals surface area contributed by atoms with E-state index < -0.39 is 0 Å². The number of hydrogen-bond donors (Lipinski definition) is 1. The van der Waals surface area contributed by atoms with Gasteiger partial charge in [-0.2, -0.15) is 5.10 Å². The third kappa shape index (κ3) is 3.95. The number of aryl methyl sites for hydroxylation is 2. The first-order valence-corrected chi connectivity index (χ1v) is 7.96. The topological polar surface area (TPSA) is 42.3 Å². The van der Waals surface area contributed by atoms with Gasteiger partial charge in [-0.1, -0.05) is 11.6 Å². The van der Waals surface area contributed by atoms with Crippen molar-refractivity contribution in [3.05, 3.63) is 40.2 Å². The summed E-state index contributed by atoms with van der Waals surface area (Å²) in [6.45, 7) is 4.74. The molecule has 0 spiro atoms. The average Bonchev–Trinajstić information content (AvgIpc) is 2.73. The number of aromatic nitrogens is 2. The van der Waals surface area contributed by atoms with E-state index in [1.807, 2.05) is 36.7 Å². The number of ether oxygens (including phenoxy) is 1. The molecule has 5 nitrogen and oxygen atoms in total. The Morgan fingerprint density at radius 2 is 2.13 bits per heavy atom. The number of methoxy groups -OCH3 is 1. The summed E-state index contributed by atoms with van der Waals surface area (Å²) in [5.74, 6) is 0.693. The van der Waals surface area contributed by atoms with Gasteiger partial charge in [0.05, 0.1) is 18.5 Å². The largest absolute Gasteiger partial charge is 0.495 e. The maximum absolute atomic E-state index is 6.05. The van der Waals surface area contributed by atoms with Gasteiger partial charge in [0.15, 0.2) is 5.11 Å². The second-order valence-electron chi connectivity index (χ2n) is 5.40. The molecule has 2 aromatic rings. The molecule has 1 heterocycles. The molecule has 0 saturated heterocycles.